The average Bonchev–Trinajstić information content (AvgIpc) is 2.86. The maximum Gasteiger partial charge on any atom is 0.196 e. The number of furan rings is 1. The van der Waals surface area contributed by atoms with Gasteiger partial charge in [0, 0.05) is 19.0 Å². The van der Waals surface area contributed by atoms with Crippen LogP contribution in [0.1, 0.15) is 19.7 Å². The van der Waals surface area contributed by atoms with Crippen LogP contribution < -0.4 is 5.32 Å². The van der Waals surface area contributed by atoms with Crippen LogP contribution in [0.25, 0.3) is 11.5 Å². The molecule has 0 saturated heterocycles. The van der Waals surface area contributed by atoms with Crippen molar-refractivity contribution < 1.29 is 8.83 Å². The lowest BCUT2D eigenvalue weighted by Gasteiger charge is -2.05. The normalized spacial score (nSPS) is 11.3. The van der Waals surface area contributed by atoms with E-state index in [1.54, 1.807) is 18.3 Å². The Hall–Kier alpha value is -1.26. The van der Waals surface area contributed by atoms with Crippen molar-refractivity contribution >= 4 is 11.6 Å². The van der Waals surface area contributed by atoms with E-state index in [2.05, 4.69) is 24.1 Å². The number of aromatic nitrogens is 1. The van der Waals surface area contributed by atoms with Gasteiger partial charge in [-0.25, -0.2) is 4.98 Å². The van der Waals surface area contributed by atoms with Crippen molar-refractivity contribution in [2.75, 3.05) is 6.54 Å². The van der Waals surface area contributed by atoms with E-state index >= 15 is 0 Å². The molecule has 92 valence electrons. The van der Waals surface area contributed by atoms with E-state index in [1.165, 1.54) is 0 Å². The summed E-state index contributed by atoms with van der Waals surface area (Å²) in [5.41, 5.74) is 0. The molecule has 5 heteroatoms. The Labute approximate surface area is 105 Å². The highest BCUT2D eigenvalue weighted by atomic mass is 35.5. The van der Waals surface area contributed by atoms with Gasteiger partial charge in [0.05, 0.1) is 6.20 Å². The standard InChI is InChI=1S/C12H15ClN2O2/c1-8(2)14-6-5-12-15-7-10(17-12)9-3-4-11(13)16-9/h3-4,7-8,14H,5-6H2,1-2H3. The molecule has 0 aliphatic rings. The Morgan fingerprint density at radius 3 is 2.76 bits per heavy atom. The zero-order chi connectivity index (χ0) is 12.3. The van der Waals surface area contributed by atoms with Gasteiger partial charge in [-0.05, 0) is 23.7 Å². The average molecular weight is 255 g/mol. The fraction of sp³-hybridized carbons (Fsp3) is 0.417. The van der Waals surface area contributed by atoms with Crippen LogP contribution in [0.5, 0.6) is 0 Å². The molecule has 0 bridgehead atoms. The summed E-state index contributed by atoms with van der Waals surface area (Å²) in [6.07, 6.45) is 2.41. The quantitative estimate of drug-likeness (QED) is 0.891. The first kappa shape index (κ1) is 12.2. The van der Waals surface area contributed by atoms with Gasteiger partial charge in [0.1, 0.15) is 0 Å². The largest absolute Gasteiger partial charge is 0.441 e. The van der Waals surface area contributed by atoms with Crippen molar-refractivity contribution in [1.82, 2.24) is 10.3 Å². The highest BCUT2D eigenvalue weighted by molar-refractivity contribution is 6.28. The predicted octanol–water partition coefficient (Wildman–Crippen LogP) is 3.13. The molecule has 2 rings (SSSR count). The molecule has 4 nitrogen and oxygen atoms in total. The molecule has 2 heterocycles. The first-order chi connectivity index (χ1) is 8.15. The molecular formula is C12H15ClN2O2. The number of nitrogens with zero attached hydrogens (tertiary/aromatic N) is 1. The van der Waals surface area contributed by atoms with Crippen molar-refractivity contribution in [1.29, 1.82) is 0 Å². The highest BCUT2D eigenvalue weighted by Gasteiger charge is 2.09. The summed E-state index contributed by atoms with van der Waals surface area (Å²) in [4.78, 5) is 4.19. The molecule has 2 aromatic heterocycles. The molecule has 0 spiro atoms. The minimum atomic E-state index is 0.347. The molecular weight excluding hydrogens is 240 g/mol. The number of nitrogens with one attached hydrogen (secondary N) is 1. The summed E-state index contributed by atoms with van der Waals surface area (Å²) in [6, 6.07) is 3.91. The summed E-state index contributed by atoms with van der Waals surface area (Å²) in [7, 11) is 0. The number of halogens is 1. The summed E-state index contributed by atoms with van der Waals surface area (Å²) in [5, 5.41) is 3.65. The molecule has 0 aliphatic heterocycles. The number of hydrogen-bond acceptors (Lipinski definition) is 4. The minimum absolute atomic E-state index is 0.347. The van der Waals surface area contributed by atoms with E-state index in [0.29, 0.717) is 28.7 Å². The monoisotopic (exact) mass is 254 g/mol. The van der Waals surface area contributed by atoms with Crippen LogP contribution >= 0.6 is 11.6 Å². The Balaban J connectivity index is 1.96. The van der Waals surface area contributed by atoms with E-state index in [0.717, 1.165) is 13.0 Å². The molecule has 0 aromatic carbocycles. The first-order valence-corrected chi connectivity index (χ1v) is 5.97. The van der Waals surface area contributed by atoms with Gasteiger partial charge < -0.3 is 14.2 Å². The fourth-order valence-corrected chi connectivity index (χ4v) is 1.60. The molecule has 2 aromatic rings. The summed E-state index contributed by atoms with van der Waals surface area (Å²) in [5.74, 6) is 1.91. The zero-order valence-corrected chi connectivity index (χ0v) is 10.6. The van der Waals surface area contributed by atoms with E-state index in [4.69, 9.17) is 20.4 Å². The molecule has 17 heavy (non-hydrogen) atoms. The number of oxazole rings is 1. The molecule has 0 fully saturated rings. The maximum absolute atomic E-state index is 5.70. The van der Waals surface area contributed by atoms with Crippen LogP contribution in [0.3, 0.4) is 0 Å². The molecule has 0 amide bonds. The topological polar surface area (TPSA) is 51.2 Å². The lowest BCUT2D eigenvalue weighted by Crippen LogP contribution is -2.24. The third-order valence-corrected chi connectivity index (χ3v) is 2.46. The Bertz CT molecular complexity index is 476. The van der Waals surface area contributed by atoms with Gasteiger partial charge in [-0.2, -0.15) is 0 Å². The molecule has 1 N–H and O–H groups in total. The molecule has 0 saturated carbocycles. The summed E-state index contributed by atoms with van der Waals surface area (Å²) < 4.78 is 10.8. The van der Waals surface area contributed by atoms with Crippen molar-refractivity contribution in [3.05, 3.63) is 29.4 Å². The molecule has 0 radical (unpaired) electrons. The SMILES string of the molecule is CC(C)NCCc1ncc(-c2ccc(Cl)o2)o1. The van der Waals surface area contributed by atoms with Crippen molar-refractivity contribution in [3.8, 4) is 11.5 Å². The van der Waals surface area contributed by atoms with Crippen LogP contribution in [0, 0.1) is 0 Å². The van der Waals surface area contributed by atoms with Gasteiger partial charge in [0.25, 0.3) is 0 Å². The van der Waals surface area contributed by atoms with Crippen LogP contribution in [0.2, 0.25) is 5.22 Å². The van der Waals surface area contributed by atoms with E-state index < -0.39 is 0 Å². The van der Waals surface area contributed by atoms with Crippen molar-refractivity contribution in [3.63, 3.8) is 0 Å². The molecule has 0 aliphatic carbocycles. The minimum Gasteiger partial charge on any atom is -0.441 e. The Morgan fingerprint density at radius 2 is 2.12 bits per heavy atom. The van der Waals surface area contributed by atoms with Gasteiger partial charge in [-0.1, -0.05) is 13.8 Å². The Kier molecular flexibility index (Phi) is 3.86. The van der Waals surface area contributed by atoms with Crippen LogP contribution in [-0.4, -0.2) is 17.6 Å². The van der Waals surface area contributed by atoms with E-state index in [1.807, 2.05) is 0 Å². The van der Waals surface area contributed by atoms with Gasteiger partial charge >= 0.3 is 0 Å². The van der Waals surface area contributed by atoms with E-state index in [-0.39, 0.29) is 0 Å². The second-order valence-corrected chi connectivity index (χ2v) is 4.45. The smallest absolute Gasteiger partial charge is 0.196 e. The second-order valence-electron chi connectivity index (χ2n) is 4.08. The molecule has 0 unspecified atom stereocenters. The Morgan fingerprint density at radius 1 is 1.29 bits per heavy atom. The van der Waals surface area contributed by atoms with Gasteiger partial charge in [0.15, 0.2) is 22.6 Å². The number of rotatable bonds is 5. The van der Waals surface area contributed by atoms with Gasteiger partial charge in [-0.3, -0.25) is 0 Å². The summed E-state index contributed by atoms with van der Waals surface area (Å²) >= 11 is 5.70. The van der Waals surface area contributed by atoms with Gasteiger partial charge in [-0.15, -0.1) is 0 Å². The predicted molar refractivity (Wildman–Crippen MR) is 66.1 cm³/mol. The zero-order valence-electron chi connectivity index (χ0n) is 9.87. The lowest BCUT2D eigenvalue weighted by atomic mass is 10.3. The third-order valence-electron chi connectivity index (χ3n) is 2.26. The van der Waals surface area contributed by atoms with Crippen LogP contribution in [0.4, 0.5) is 0 Å². The number of hydrogen-bond donors (Lipinski definition) is 1. The molecule has 0 atom stereocenters. The van der Waals surface area contributed by atoms with Crippen LogP contribution in [0.15, 0.2) is 27.2 Å². The van der Waals surface area contributed by atoms with E-state index in [9.17, 15) is 0 Å². The van der Waals surface area contributed by atoms with Crippen LogP contribution in [-0.2, 0) is 6.42 Å². The van der Waals surface area contributed by atoms with Gasteiger partial charge in [0.2, 0.25) is 0 Å². The maximum atomic E-state index is 5.70. The summed E-state index contributed by atoms with van der Waals surface area (Å²) in [6.45, 7) is 5.05. The second kappa shape index (κ2) is 5.38. The van der Waals surface area contributed by atoms with Crippen molar-refractivity contribution in [2.24, 2.45) is 0 Å². The first-order valence-electron chi connectivity index (χ1n) is 5.59. The lowest BCUT2D eigenvalue weighted by molar-refractivity contribution is 0.468. The third kappa shape index (κ3) is 3.35. The van der Waals surface area contributed by atoms with Crippen molar-refractivity contribution in [2.45, 2.75) is 26.3 Å². The highest BCUT2D eigenvalue weighted by Crippen LogP contribution is 2.25. The fourth-order valence-electron chi connectivity index (χ4n) is 1.45.